The molecule has 0 unspecified atom stereocenters. The maximum absolute atomic E-state index is 11.9. The van der Waals surface area contributed by atoms with Crippen LogP contribution in [0, 0.1) is 0 Å². The lowest BCUT2D eigenvalue weighted by atomic mass is 10.4. The zero-order chi connectivity index (χ0) is 14.3. The number of H-pyrrole nitrogens is 2. The van der Waals surface area contributed by atoms with E-state index in [-0.39, 0.29) is 0 Å². The van der Waals surface area contributed by atoms with Crippen LogP contribution in [0.3, 0.4) is 0 Å². The Bertz CT molecular complexity index is 881. The molecule has 0 aliphatic heterocycles. The van der Waals surface area contributed by atoms with Gasteiger partial charge in [0, 0.05) is 19.8 Å². The van der Waals surface area contributed by atoms with Crippen LogP contribution in [0.1, 0.15) is 13.3 Å². The summed E-state index contributed by atoms with van der Waals surface area (Å²) in [4.78, 5) is 33.3. The highest BCUT2D eigenvalue weighted by molar-refractivity contribution is 5.74. The standard InChI is InChI=1S/C12H14N6O2/c1-3-6-18-10-8(11(19)16-12(18)20)14-9(15-10)7-4-5-13-17(7)2/h4-5H,3,6H2,1-2H3,(H,14,15)(H,16,19,20). The Morgan fingerprint density at radius 2 is 2.10 bits per heavy atom. The normalized spacial score (nSPS) is 11.3. The minimum Gasteiger partial charge on any atom is -0.331 e. The van der Waals surface area contributed by atoms with Crippen molar-refractivity contribution in [3.8, 4) is 11.5 Å². The second-order valence-corrected chi connectivity index (χ2v) is 4.53. The second-order valence-electron chi connectivity index (χ2n) is 4.53. The molecule has 0 fully saturated rings. The third kappa shape index (κ3) is 1.77. The lowest BCUT2D eigenvalue weighted by Gasteiger charge is -2.02. The van der Waals surface area contributed by atoms with Crippen LogP contribution >= 0.6 is 0 Å². The van der Waals surface area contributed by atoms with Crippen molar-refractivity contribution >= 4 is 11.2 Å². The molecule has 3 aromatic heterocycles. The molecule has 0 aliphatic carbocycles. The number of aryl methyl sites for hydroxylation is 2. The second kappa shape index (κ2) is 4.48. The van der Waals surface area contributed by atoms with Gasteiger partial charge in [-0.1, -0.05) is 6.92 Å². The summed E-state index contributed by atoms with van der Waals surface area (Å²) in [6.07, 6.45) is 2.42. The molecule has 3 aromatic rings. The smallest absolute Gasteiger partial charge is 0.330 e. The summed E-state index contributed by atoms with van der Waals surface area (Å²) >= 11 is 0. The Hall–Kier alpha value is -2.64. The number of fused-ring (bicyclic) bond motifs is 1. The minimum absolute atomic E-state index is 0.300. The van der Waals surface area contributed by atoms with Crippen molar-refractivity contribution in [3.63, 3.8) is 0 Å². The van der Waals surface area contributed by atoms with Crippen LogP contribution in [0.15, 0.2) is 21.9 Å². The SMILES string of the molecule is CCCn1c(=O)[nH]c(=O)c2[nH]c(-c3ccnn3C)nc21. The molecule has 0 saturated heterocycles. The topological polar surface area (TPSA) is 101 Å². The van der Waals surface area contributed by atoms with E-state index in [0.29, 0.717) is 23.5 Å². The fourth-order valence-electron chi connectivity index (χ4n) is 2.20. The van der Waals surface area contributed by atoms with Crippen molar-refractivity contribution < 1.29 is 0 Å². The van der Waals surface area contributed by atoms with Crippen LogP contribution in [0.25, 0.3) is 22.7 Å². The molecular weight excluding hydrogens is 260 g/mol. The van der Waals surface area contributed by atoms with E-state index in [4.69, 9.17) is 0 Å². The van der Waals surface area contributed by atoms with E-state index in [1.165, 1.54) is 4.57 Å². The van der Waals surface area contributed by atoms with Crippen LogP contribution in [-0.4, -0.2) is 29.3 Å². The maximum atomic E-state index is 11.9. The lowest BCUT2D eigenvalue weighted by Crippen LogP contribution is -2.30. The summed E-state index contributed by atoms with van der Waals surface area (Å²) in [6.45, 7) is 2.46. The summed E-state index contributed by atoms with van der Waals surface area (Å²) in [7, 11) is 1.78. The molecule has 0 spiro atoms. The van der Waals surface area contributed by atoms with Crippen molar-refractivity contribution in [2.45, 2.75) is 19.9 Å². The van der Waals surface area contributed by atoms with E-state index in [9.17, 15) is 9.59 Å². The predicted molar refractivity (Wildman–Crippen MR) is 73.5 cm³/mol. The molecule has 0 aromatic carbocycles. The summed E-state index contributed by atoms with van der Waals surface area (Å²) in [5.41, 5.74) is 0.521. The van der Waals surface area contributed by atoms with Gasteiger partial charge in [0.25, 0.3) is 5.56 Å². The first-order chi connectivity index (χ1) is 9.61. The van der Waals surface area contributed by atoms with Gasteiger partial charge in [-0.25, -0.2) is 9.78 Å². The van der Waals surface area contributed by atoms with Gasteiger partial charge in [0.1, 0.15) is 11.2 Å². The van der Waals surface area contributed by atoms with E-state index in [0.717, 1.165) is 12.1 Å². The van der Waals surface area contributed by atoms with Crippen molar-refractivity contribution in [2.75, 3.05) is 0 Å². The molecule has 0 bridgehead atoms. The van der Waals surface area contributed by atoms with E-state index in [1.807, 2.05) is 6.92 Å². The van der Waals surface area contributed by atoms with Gasteiger partial charge in [0.05, 0.1) is 0 Å². The van der Waals surface area contributed by atoms with Crippen LogP contribution in [0.4, 0.5) is 0 Å². The van der Waals surface area contributed by atoms with E-state index in [1.54, 1.807) is 24.0 Å². The van der Waals surface area contributed by atoms with Crippen LogP contribution in [-0.2, 0) is 13.6 Å². The lowest BCUT2D eigenvalue weighted by molar-refractivity contribution is 0.652. The molecule has 2 N–H and O–H groups in total. The molecule has 0 saturated carbocycles. The Labute approximate surface area is 113 Å². The summed E-state index contributed by atoms with van der Waals surface area (Å²) < 4.78 is 3.11. The quantitative estimate of drug-likeness (QED) is 0.713. The van der Waals surface area contributed by atoms with E-state index in [2.05, 4.69) is 20.1 Å². The monoisotopic (exact) mass is 274 g/mol. The first-order valence-corrected chi connectivity index (χ1v) is 6.33. The molecule has 0 aliphatic rings. The number of imidazole rings is 1. The zero-order valence-corrected chi connectivity index (χ0v) is 11.2. The van der Waals surface area contributed by atoms with Crippen LogP contribution in [0.2, 0.25) is 0 Å². The molecular formula is C12H14N6O2. The van der Waals surface area contributed by atoms with Gasteiger partial charge in [-0.2, -0.15) is 5.10 Å². The van der Waals surface area contributed by atoms with Crippen LogP contribution in [0.5, 0.6) is 0 Å². The number of aromatic amines is 2. The highest BCUT2D eigenvalue weighted by Gasteiger charge is 2.14. The highest BCUT2D eigenvalue weighted by atomic mass is 16.2. The van der Waals surface area contributed by atoms with Crippen molar-refractivity contribution in [1.29, 1.82) is 0 Å². The van der Waals surface area contributed by atoms with Crippen molar-refractivity contribution in [1.82, 2.24) is 29.3 Å². The molecule has 0 radical (unpaired) electrons. The Morgan fingerprint density at radius 1 is 1.30 bits per heavy atom. The molecule has 104 valence electrons. The molecule has 0 amide bonds. The van der Waals surface area contributed by atoms with Gasteiger partial charge in [-0.3, -0.25) is 19.0 Å². The first kappa shape index (κ1) is 12.4. The predicted octanol–water partition coefficient (Wildman–Crippen LogP) is 0.223. The summed E-state index contributed by atoms with van der Waals surface area (Å²) in [6, 6.07) is 1.79. The molecule has 3 heterocycles. The Morgan fingerprint density at radius 3 is 2.75 bits per heavy atom. The number of nitrogens with one attached hydrogen (secondary N) is 2. The van der Waals surface area contributed by atoms with Gasteiger partial charge in [0.2, 0.25) is 0 Å². The van der Waals surface area contributed by atoms with Gasteiger partial charge < -0.3 is 4.98 Å². The number of nitrogens with zero attached hydrogens (tertiary/aromatic N) is 4. The molecule has 20 heavy (non-hydrogen) atoms. The molecule has 3 rings (SSSR count). The fourth-order valence-corrected chi connectivity index (χ4v) is 2.20. The zero-order valence-electron chi connectivity index (χ0n) is 11.2. The number of hydrogen-bond donors (Lipinski definition) is 2. The van der Waals surface area contributed by atoms with Gasteiger partial charge >= 0.3 is 5.69 Å². The Kier molecular flexibility index (Phi) is 2.78. The van der Waals surface area contributed by atoms with Gasteiger partial charge in [0.15, 0.2) is 11.5 Å². The molecule has 8 nitrogen and oxygen atoms in total. The summed E-state index contributed by atoms with van der Waals surface area (Å²) in [5, 5.41) is 4.06. The first-order valence-electron chi connectivity index (χ1n) is 6.33. The third-order valence-electron chi connectivity index (χ3n) is 3.14. The molecule has 0 atom stereocenters. The highest BCUT2D eigenvalue weighted by Crippen LogP contribution is 2.16. The average Bonchev–Trinajstić information content (AvgIpc) is 3.00. The fraction of sp³-hybridized carbons (Fsp3) is 0.333. The number of aromatic nitrogens is 6. The third-order valence-corrected chi connectivity index (χ3v) is 3.14. The maximum Gasteiger partial charge on any atom is 0.330 e. The van der Waals surface area contributed by atoms with Gasteiger partial charge in [-0.15, -0.1) is 0 Å². The number of rotatable bonds is 3. The largest absolute Gasteiger partial charge is 0.331 e. The van der Waals surface area contributed by atoms with E-state index >= 15 is 0 Å². The Balaban J connectivity index is 2.33. The molecule has 8 heteroatoms. The summed E-state index contributed by atoms with van der Waals surface area (Å²) in [5.74, 6) is 0.515. The number of hydrogen-bond acceptors (Lipinski definition) is 4. The van der Waals surface area contributed by atoms with Gasteiger partial charge in [-0.05, 0) is 12.5 Å². The average molecular weight is 274 g/mol. The van der Waals surface area contributed by atoms with Crippen molar-refractivity contribution in [2.24, 2.45) is 7.05 Å². The van der Waals surface area contributed by atoms with Crippen molar-refractivity contribution in [3.05, 3.63) is 33.1 Å². The minimum atomic E-state index is -0.460. The van der Waals surface area contributed by atoms with E-state index < -0.39 is 11.2 Å². The van der Waals surface area contributed by atoms with Crippen LogP contribution < -0.4 is 11.2 Å².